The molecule has 0 atom stereocenters. The SMILES string of the molecule is CC(C)(C)c1ccc(OCCNC(=O)c2ccc(S(=O)(=O)N3CCCC3)cc2)cc1. The van der Waals surface area contributed by atoms with Crippen LogP contribution >= 0.6 is 0 Å². The van der Waals surface area contributed by atoms with Crippen LogP contribution in [-0.4, -0.2) is 44.9 Å². The average molecular weight is 431 g/mol. The Labute approximate surface area is 179 Å². The monoisotopic (exact) mass is 430 g/mol. The molecule has 0 radical (unpaired) electrons. The highest BCUT2D eigenvalue weighted by Gasteiger charge is 2.27. The summed E-state index contributed by atoms with van der Waals surface area (Å²) in [7, 11) is -3.46. The standard InChI is InChI=1S/C23H30N2O4S/c1-23(2,3)19-8-10-20(11-9-19)29-17-14-24-22(26)18-6-12-21(13-7-18)30(27,28)25-15-4-5-16-25/h6-13H,4-5,14-17H2,1-3H3,(H,24,26). The van der Waals surface area contributed by atoms with Crippen molar-refractivity contribution in [1.29, 1.82) is 0 Å². The first-order chi connectivity index (χ1) is 14.2. The van der Waals surface area contributed by atoms with Gasteiger partial charge in [-0.25, -0.2) is 8.42 Å². The molecule has 1 N–H and O–H groups in total. The molecule has 1 aliphatic rings. The van der Waals surface area contributed by atoms with Gasteiger partial charge >= 0.3 is 0 Å². The molecule has 0 aliphatic carbocycles. The first-order valence-electron chi connectivity index (χ1n) is 10.3. The van der Waals surface area contributed by atoms with Gasteiger partial charge in [-0.3, -0.25) is 4.79 Å². The summed E-state index contributed by atoms with van der Waals surface area (Å²) in [6.07, 6.45) is 1.78. The highest BCUT2D eigenvalue weighted by molar-refractivity contribution is 7.89. The van der Waals surface area contributed by atoms with Crippen molar-refractivity contribution in [3.8, 4) is 5.75 Å². The Hall–Kier alpha value is -2.38. The molecule has 0 bridgehead atoms. The molecule has 0 aromatic heterocycles. The molecule has 1 amide bonds. The zero-order valence-corrected chi connectivity index (χ0v) is 18.7. The van der Waals surface area contributed by atoms with Crippen LogP contribution < -0.4 is 10.1 Å². The van der Waals surface area contributed by atoms with Crippen LogP contribution in [0.25, 0.3) is 0 Å². The van der Waals surface area contributed by atoms with E-state index in [2.05, 4.69) is 26.1 Å². The molecule has 1 fully saturated rings. The van der Waals surface area contributed by atoms with Gasteiger partial charge < -0.3 is 10.1 Å². The fraction of sp³-hybridized carbons (Fsp3) is 0.435. The van der Waals surface area contributed by atoms with Gasteiger partial charge in [-0.05, 0) is 60.2 Å². The van der Waals surface area contributed by atoms with Crippen molar-refractivity contribution >= 4 is 15.9 Å². The lowest BCUT2D eigenvalue weighted by atomic mass is 9.87. The quantitative estimate of drug-likeness (QED) is 0.682. The molecule has 30 heavy (non-hydrogen) atoms. The number of ether oxygens (including phenoxy) is 1. The molecule has 0 saturated carbocycles. The lowest BCUT2D eigenvalue weighted by Gasteiger charge is -2.19. The van der Waals surface area contributed by atoms with Gasteiger partial charge in [0.2, 0.25) is 10.0 Å². The molecule has 1 aliphatic heterocycles. The van der Waals surface area contributed by atoms with Crippen molar-refractivity contribution < 1.29 is 17.9 Å². The zero-order chi connectivity index (χ0) is 21.8. The number of hydrogen-bond acceptors (Lipinski definition) is 4. The van der Waals surface area contributed by atoms with Crippen LogP contribution in [-0.2, 0) is 15.4 Å². The highest BCUT2D eigenvalue weighted by Crippen LogP contribution is 2.24. The van der Waals surface area contributed by atoms with Crippen molar-refractivity contribution in [3.05, 3.63) is 59.7 Å². The van der Waals surface area contributed by atoms with E-state index in [0.29, 0.717) is 31.8 Å². The number of carbonyl (C=O) groups excluding carboxylic acids is 1. The van der Waals surface area contributed by atoms with E-state index < -0.39 is 10.0 Å². The first kappa shape index (κ1) is 22.3. The summed E-state index contributed by atoms with van der Waals surface area (Å²) in [6, 6.07) is 14.0. The first-order valence-corrected chi connectivity index (χ1v) is 11.7. The van der Waals surface area contributed by atoms with Gasteiger partial charge in [0, 0.05) is 18.7 Å². The van der Waals surface area contributed by atoms with E-state index in [4.69, 9.17) is 4.74 Å². The Kier molecular flexibility index (Phi) is 6.83. The Bertz CT molecular complexity index is 956. The van der Waals surface area contributed by atoms with Crippen molar-refractivity contribution in [2.75, 3.05) is 26.2 Å². The predicted molar refractivity (Wildman–Crippen MR) is 117 cm³/mol. The second-order valence-corrected chi connectivity index (χ2v) is 10.5. The maximum Gasteiger partial charge on any atom is 0.251 e. The highest BCUT2D eigenvalue weighted by atomic mass is 32.2. The Morgan fingerprint density at radius 2 is 1.60 bits per heavy atom. The fourth-order valence-electron chi connectivity index (χ4n) is 3.34. The van der Waals surface area contributed by atoms with E-state index in [0.717, 1.165) is 18.6 Å². The van der Waals surface area contributed by atoms with E-state index >= 15 is 0 Å². The average Bonchev–Trinajstić information content (AvgIpc) is 3.27. The Morgan fingerprint density at radius 1 is 1.00 bits per heavy atom. The zero-order valence-electron chi connectivity index (χ0n) is 17.8. The van der Waals surface area contributed by atoms with E-state index in [1.807, 2.05) is 24.3 Å². The maximum absolute atomic E-state index is 12.5. The lowest BCUT2D eigenvalue weighted by Crippen LogP contribution is -2.29. The molecule has 3 rings (SSSR count). The van der Waals surface area contributed by atoms with Crippen LogP contribution in [0.5, 0.6) is 5.75 Å². The summed E-state index contributed by atoms with van der Waals surface area (Å²) in [6.45, 7) is 8.30. The molecular formula is C23H30N2O4S. The number of hydrogen-bond donors (Lipinski definition) is 1. The third-order valence-corrected chi connectivity index (χ3v) is 7.11. The third kappa shape index (κ3) is 5.40. The summed E-state index contributed by atoms with van der Waals surface area (Å²) < 4.78 is 32.3. The number of nitrogens with one attached hydrogen (secondary N) is 1. The summed E-state index contributed by atoms with van der Waals surface area (Å²) in [5.74, 6) is 0.500. The van der Waals surface area contributed by atoms with E-state index in [1.54, 1.807) is 12.1 Å². The predicted octanol–water partition coefficient (Wildman–Crippen LogP) is 3.58. The minimum Gasteiger partial charge on any atom is -0.492 e. The van der Waals surface area contributed by atoms with Crippen LogP contribution in [0.1, 0.15) is 49.5 Å². The van der Waals surface area contributed by atoms with Crippen LogP contribution in [0.15, 0.2) is 53.4 Å². The van der Waals surface area contributed by atoms with Crippen LogP contribution in [0.2, 0.25) is 0 Å². The molecule has 2 aromatic rings. The molecule has 0 spiro atoms. The molecule has 0 unspecified atom stereocenters. The Balaban J connectivity index is 1.48. The molecular weight excluding hydrogens is 400 g/mol. The van der Waals surface area contributed by atoms with Crippen LogP contribution in [0.4, 0.5) is 0 Å². The number of amides is 1. The van der Waals surface area contributed by atoms with Gasteiger partial charge in [-0.2, -0.15) is 4.31 Å². The van der Waals surface area contributed by atoms with E-state index in [1.165, 1.54) is 22.0 Å². The second kappa shape index (κ2) is 9.18. The number of carbonyl (C=O) groups is 1. The molecule has 1 saturated heterocycles. The number of benzene rings is 2. The minimum absolute atomic E-state index is 0.0931. The normalized spacial score (nSPS) is 15.2. The summed E-state index contributed by atoms with van der Waals surface area (Å²) >= 11 is 0. The summed E-state index contributed by atoms with van der Waals surface area (Å²) in [5, 5.41) is 2.79. The van der Waals surface area contributed by atoms with Gasteiger partial charge in [-0.1, -0.05) is 32.9 Å². The summed E-state index contributed by atoms with van der Waals surface area (Å²) in [4.78, 5) is 12.5. The van der Waals surface area contributed by atoms with Crippen LogP contribution in [0, 0.1) is 0 Å². The number of sulfonamides is 1. The molecule has 7 heteroatoms. The molecule has 162 valence electrons. The second-order valence-electron chi connectivity index (χ2n) is 8.51. The van der Waals surface area contributed by atoms with E-state index in [9.17, 15) is 13.2 Å². The van der Waals surface area contributed by atoms with Crippen molar-refractivity contribution in [2.45, 2.75) is 43.9 Å². The minimum atomic E-state index is -3.46. The maximum atomic E-state index is 12.5. The number of rotatable bonds is 7. The largest absolute Gasteiger partial charge is 0.492 e. The van der Waals surface area contributed by atoms with Gasteiger partial charge in [0.25, 0.3) is 5.91 Å². The van der Waals surface area contributed by atoms with Crippen molar-refractivity contribution in [2.24, 2.45) is 0 Å². The molecule has 6 nitrogen and oxygen atoms in total. The third-order valence-electron chi connectivity index (χ3n) is 5.20. The van der Waals surface area contributed by atoms with Gasteiger partial charge in [0.05, 0.1) is 11.4 Å². The Morgan fingerprint density at radius 3 is 2.17 bits per heavy atom. The van der Waals surface area contributed by atoms with Gasteiger partial charge in [-0.15, -0.1) is 0 Å². The van der Waals surface area contributed by atoms with Crippen molar-refractivity contribution in [3.63, 3.8) is 0 Å². The summed E-state index contributed by atoms with van der Waals surface area (Å²) in [5.41, 5.74) is 1.75. The number of nitrogens with zero attached hydrogens (tertiary/aromatic N) is 1. The van der Waals surface area contributed by atoms with Gasteiger partial charge in [0.15, 0.2) is 0 Å². The fourth-order valence-corrected chi connectivity index (χ4v) is 4.86. The van der Waals surface area contributed by atoms with Crippen LogP contribution in [0.3, 0.4) is 0 Å². The molecule has 2 aromatic carbocycles. The smallest absolute Gasteiger partial charge is 0.251 e. The van der Waals surface area contributed by atoms with Crippen molar-refractivity contribution in [1.82, 2.24) is 9.62 Å². The van der Waals surface area contributed by atoms with E-state index in [-0.39, 0.29) is 16.2 Å². The lowest BCUT2D eigenvalue weighted by molar-refractivity contribution is 0.0947. The van der Waals surface area contributed by atoms with Gasteiger partial charge in [0.1, 0.15) is 12.4 Å². The topological polar surface area (TPSA) is 75.7 Å². The molecule has 1 heterocycles.